The Hall–Kier alpha value is -1.07. The van der Waals surface area contributed by atoms with Gasteiger partial charge in [-0.15, -0.1) is 0 Å². The largest absolute Gasteiger partial charge is 0.385 e. The molecule has 1 rings (SSSR count). The molecule has 2 nitrogen and oxygen atoms in total. The highest BCUT2D eigenvalue weighted by atomic mass is 19.1. The van der Waals surface area contributed by atoms with Crippen LogP contribution in [0.4, 0.5) is 13.2 Å². The lowest BCUT2D eigenvalue weighted by molar-refractivity contribution is 0.188. The molecule has 1 unspecified atom stereocenters. The molecular formula is C13H18F3NO. The van der Waals surface area contributed by atoms with Crippen LogP contribution in [0.2, 0.25) is 0 Å². The molecule has 1 N–H and O–H groups in total. The van der Waals surface area contributed by atoms with E-state index in [9.17, 15) is 13.2 Å². The Labute approximate surface area is 105 Å². The molecule has 0 bridgehead atoms. The summed E-state index contributed by atoms with van der Waals surface area (Å²) in [5, 5.41) is 3.00. The molecule has 0 aliphatic heterocycles. The van der Waals surface area contributed by atoms with Crippen LogP contribution in [0, 0.1) is 17.5 Å². The Morgan fingerprint density at radius 2 is 1.83 bits per heavy atom. The van der Waals surface area contributed by atoms with Crippen molar-refractivity contribution in [1.82, 2.24) is 5.32 Å². The lowest BCUT2D eigenvalue weighted by Crippen LogP contribution is -2.23. The maximum atomic E-state index is 13.6. The van der Waals surface area contributed by atoms with Gasteiger partial charge in [0.15, 0.2) is 0 Å². The molecule has 102 valence electrons. The van der Waals surface area contributed by atoms with Gasteiger partial charge in [0.1, 0.15) is 17.5 Å². The highest BCUT2D eigenvalue weighted by Gasteiger charge is 2.20. The fourth-order valence-electron chi connectivity index (χ4n) is 1.91. The van der Waals surface area contributed by atoms with Crippen LogP contribution in [0.1, 0.15) is 31.4 Å². The van der Waals surface area contributed by atoms with Gasteiger partial charge in [-0.25, -0.2) is 13.2 Å². The van der Waals surface area contributed by atoms with Gasteiger partial charge in [0, 0.05) is 37.5 Å². The van der Waals surface area contributed by atoms with Gasteiger partial charge in [-0.3, -0.25) is 0 Å². The van der Waals surface area contributed by atoms with Crippen LogP contribution in [0.3, 0.4) is 0 Å². The second-order valence-electron chi connectivity index (χ2n) is 4.03. The van der Waals surface area contributed by atoms with E-state index in [1.807, 2.05) is 6.92 Å². The highest BCUT2D eigenvalue weighted by molar-refractivity contribution is 5.24. The van der Waals surface area contributed by atoms with Crippen LogP contribution in [0.25, 0.3) is 0 Å². The summed E-state index contributed by atoms with van der Waals surface area (Å²) < 4.78 is 45.0. The number of hydrogen-bond donors (Lipinski definition) is 1. The topological polar surface area (TPSA) is 21.3 Å². The molecule has 5 heteroatoms. The summed E-state index contributed by atoms with van der Waals surface area (Å²) in [4.78, 5) is 0. The molecular weight excluding hydrogens is 243 g/mol. The van der Waals surface area contributed by atoms with Gasteiger partial charge in [0.2, 0.25) is 0 Å². The molecule has 1 atom stereocenters. The first-order valence-corrected chi connectivity index (χ1v) is 5.96. The average molecular weight is 261 g/mol. The average Bonchev–Trinajstić information content (AvgIpc) is 2.28. The smallest absolute Gasteiger partial charge is 0.133 e. The lowest BCUT2D eigenvalue weighted by Gasteiger charge is -2.19. The van der Waals surface area contributed by atoms with Crippen molar-refractivity contribution >= 4 is 0 Å². The second kappa shape index (κ2) is 7.38. The van der Waals surface area contributed by atoms with Gasteiger partial charge < -0.3 is 10.1 Å². The summed E-state index contributed by atoms with van der Waals surface area (Å²) in [6, 6.07) is 0.948. The first-order valence-electron chi connectivity index (χ1n) is 5.96. The van der Waals surface area contributed by atoms with Gasteiger partial charge in [-0.2, -0.15) is 0 Å². The fraction of sp³-hybridized carbons (Fsp3) is 0.538. The second-order valence-corrected chi connectivity index (χ2v) is 4.03. The van der Waals surface area contributed by atoms with E-state index in [0.29, 0.717) is 38.1 Å². The minimum absolute atomic E-state index is 0.102. The Kier molecular flexibility index (Phi) is 6.15. The Morgan fingerprint density at radius 1 is 1.22 bits per heavy atom. The molecule has 0 radical (unpaired) electrons. The van der Waals surface area contributed by atoms with E-state index in [1.165, 1.54) is 0 Å². The third-order valence-electron chi connectivity index (χ3n) is 2.68. The van der Waals surface area contributed by atoms with Crippen LogP contribution in [-0.4, -0.2) is 20.3 Å². The fourth-order valence-corrected chi connectivity index (χ4v) is 1.91. The van der Waals surface area contributed by atoms with Gasteiger partial charge in [0.05, 0.1) is 0 Å². The van der Waals surface area contributed by atoms with Crippen LogP contribution in [0.15, 0.2) is 12.1 Å². The molecule has 0 amide bonds. The number of rotatable bonds is 7. The monoisotopic (exact) mass is 261 g/mol. The van der Waals surface area contributed by atoms with Gasteiger partial charge in [-0.1, -0.05) is 6.92 Å². The summed E-state index contributed by atoms with van der Waals surface area (Å²) >= 11 is 0. The molecule has 0 aromatic heterocycles. The molecule has 0 saturated heterocycles. The van der Waals surface area contributed by atoms with Crippen LogP contribution < -0.4 is 5.32 Å². The van der Waals surface area contributed by atoms with Crippen molar-refractivity contribution in [2.75, 3.05) is 20.3 Å². The van der Waals surface area contributed by atoms with Gasteiger partial charge >= 0.3 is 0 Å². The Morgan fingerprint density at radius 3 is 2.33 bits per heavy atom. The zero-order valence-electron chi connectivity index (χ0n) is 10.6. The van der Waals surface area contributed by atoms with Crippen molar-refractivity contribution in [1.29, 1.82) is 0 Å². The molecule has 0 fully saturated rings. The maximum Gasteiger partial charge on any atom is 0.133 e. The van der Waals surface area contributed by atoms with E-state index in [2.05, 4.69) is 5.32 Å². The molecule has 0 heterocycles. The van der Waals surface area contributed by atoms with Crippen molar-refractivity contribution in [3.8, 4) is 0 Å². The predicted octanol–water partition coefficient (Wildman–Crippen LogP) is 3.18. The molecule has 0 spiro atoms. The van der Waals surface area contributed by atoms with E-state index < -0.39 is 23.5 Å². The summed E-state index contributed by atoms with van der Waals surface area (Å²) in [6.07, 6.45) is 1.20. The van der Waals surface area contributed by atoms with Crippen molar-refractivity contribution in [3.05, 3.63) is 35.1 Å². The highest BCUT2D eigenvalue weighted by Crippen LogP contribution is 2.25. The number of methoxy groups -OCH3 is 1. The van der Waals surface area contributed by atoms with E-state index in [-0.39, 0.29) is 5.56 Å². The zero-order chi connectivity index (χ0) is 13.5. The van der Waals surface area contributed by atoms with Crippen molar-refractivity contribution < 1.29 is 17.9 Å². The molecule has 18 heavy (non-hydrogen) atoms. The van der Waals surface area contributed by atoms with E-state index in [0.717, 1.165) is 0 Å². The van der Waals surface area contributed by atoms with E-state index in [4.69, 9.17) is 4.74 Å². The molecule has 1 aromatic carbocycles. The maximum absolute atomic E-state index is 13.6. The number of nitrogens with one attached hydrogen (secondary N) is 1. The van der Waals surface area contributed by atoms with Crippen LogP contribution in [0.5, 0.6) is 0 Å². The molecule has 0 aliphatic rings. The quantitative estimate of drug-likeness (QED) is 0.761. The lowest BCUT2D eigenvalue weighted by atomic mass is 10.0. The molecule has 0 saturated carbocycles. The van der Waals surface area contributed by atoms with Crippen molar-refractivity contribution in [3.63, 3.8) is 0 Å². The predicted molar refractivity (Wildman–Crippen MR) is 63.8 cm³/mol. The summed E-state index contributed by atoms with van der Waals surface area (Å²) in [5.74, 6) is -2.60. The zero-order valence-corrected chi connectivity index (χ0v) is 10.6. The van der Waals surface area contributed by atoms with E-state index in [1.54, 1.807) is 7.11 Å². The van der Waals surface area contributed by atoms with Crippen LogP contribution >= 0.6 is 0 Å². The minimum atomic E-state index is -0.902. The third-order valence-corrected chi connectivity index (χ3v) is 2.68. The number of hydrogen-bond acceptors (Lipinski definition) is 2. The van der Waals surface area contributed by atoms with Gasteiger partial charge in [-0.05, 0) is 19.4 Å². The minimum Gasteiger partial charge on any atom is -0.385 e. The number of halogens is 3. The Balaban J connectivity index is 2.90. The third kappa shape index (κ3) is 3.99. The first-order chi connectivity index (χ1) is 8.60. The standard InChI is InChI=1S/C13H18F3NO/c1-3-17-12(5-4-6-18-2)13-10(15)7-9(14)8-11(13)16/h7-8,12,17H,3-6H2,1-2H3. The Bertz CT molecular complexity index is 361. The number of ether oxygens (including phenoxy) is 1. The number of benzene rings is 1. The van der Waals surface area contributed by atoms with E-state index >= 15 is 0 Å². The SMILES string of the molecule is CCNC(CCCOC)c1c(F)cc(F)cc1F. The summed E-state index contributed by atoms with van der Waals surface area (Å²) in [7, 11) is 1.57. The summed E-state index contributed by atoms with van der Waals surface area (Å²) in [5.41, 5.74) is -0.102. The first kappa shape index (κ1) is 15.0. The van der Waals surface area contributed by atoms with Crippen LogP contribution in [-0.2, 0) is 4.74 Å². The summed E-state index contributed by atoms with van der Waals surface area (Å²) in [6.45, 7) is 2.95. The van der Waals surface area contributed by atoms with Gasteiger partial charge in [0.25, 0.3) is 0 Å². The normalized spacial score (nSPS) is 12.7. The van der Waals surface area contributed by atoms with Crippen molar-refractivity contribution in [2.45, 2.75) is 25.8 Å². The van der Waals surface area contributed by atoms with Crippen molar-refractivity contribution in [2.24, 2.45) is 0 Å². The molecule has 1 aromatic rings. The molecule has 0 aliphatic carbocycles.